The normalized spacial score (nSPS) is 17.7. The quantitative estimate of drug-likeness (QED) is 0.891. The Hall–Kier alpha value is -1.43. The van der Waals surface area contributed by atoms with Gasteiger partial charge in [0.1, 0.15) is 5.82 Å². The van der Waals surface area contributed by atoms with E-state index in [2.05, 4.69) is 5.32 Å². The highest BCUT2D eigenvalue weighted by atomic mass is 35.5. The molecule has 1 saturated heterocycles. The first-order valence-electron chi connectivity index (χ1n) is 7.40. The van der Waals surface area contributed by atoms with Crippen LogP contribution in [0.15, 0.2) is 30.3 Å². The lowest BCUT2D eigenvalue weighted by Gasteiger charge is -2.36. The molecule has 1 amide bonds. The van der Waals surface area contributed by atoms with E-state index < -0.39 is 0 Å². The fourth-order valence-corrected chi connectivity index (χ4v) is 3.77. The van der Waals surface area contributed by atoms with Gasteiger partial charge in [-0.25, -0.2) is 4.39 Å². The molecule has 1 atom stereocenters. The van der Waals surface area contributed by atoms with Crippen molar-refractivity contribution in [1.29, 1.82) is 0 Å². The molecule has 0 saturated carbocycles. The van der Waals surface area contributed by atoms with Gasteiger partial charge in [0.05, 0.1) is 10.9 Å². The Kier molecular flexibility index (Phi) is 5.79. The smallest absolute Gasteiger partial charge is 0.264 e. The van der Waals surface area contributed by atoms with Crippen LogP contribution in [0.5, 0.6) is 0 Å². The number of benzene rings is 1. The highest BCUT2D eigenvalue weighted by molar-refractivity contribution is 7.14. The van der Waals surface area contributed by atoms with Crippen LogP contribution in [-0.4, -0.2) is 30.4 Å². The van der Waals surface area contributed by atoms with E-state index in [1.807, 2.05) is 30.9 Å². The van der Waals surface area contributed by atoms with Gasteiger partial charge in [-0.15, -0.1) is 23.7 Å². The Morgan fingerprint density at radius 1 is 1.35 bits per heavy atom. The van der Waals surface area contributed by atoms with E-state index in [1.54, 1.807) is 6.07 Å². The maximum atomic E-state index is 13.5. The molecule has 6 heteroatoms. The van der Waals surface area contributed by atoms with Crippen molar-refractivity contribution in [3.05, 3.63) is 57.0 Å². The van der Waals surface area contributed by atoms with Gasteiger partial charge < -0.3 is 10.2 Å². The predicted octanol–water partition coefficient (Wildman–Crippen LogP) is 3.71. The van der Waals surface area contributed by atoms with Crippen LogP contribution in [0.25, 0.3) is 0 Å². The van der Waals surface area contributed by atoms with E-state index in [0.29, 0.717) is 13.1 Å². The third-order valence-electron chi connectivity index (χ3n) is 4.11. The van der Waals surface area contributed by atoms with Crippen LogP contribution in [0.4, 0.5) is 4.39 Å². The molecular weight excluding hydrogens is 335 g/mol. The SMILES string of the molecule is Cc1cc(C(=O)N2CCNCC2c2cccc(F)c2)sc1C.Cl. The fraction of sp³-hybridized carbons (Fsp3) is 0.353. The van der Waals surface area contributed by atoms with Crippen molar-refractivity contribution in [3.63, 3.8) is 0 Å². The van der Waals surface area contributed by atoms with Crippen LogP contribution >= 0.6 is 23.7 Å². The van der Waals surface area contributed by atoms with Gasteiger partial charge in [-0.2, -0.15) is 0 Å². The average Bonchev–Trinajstić information content (AvgIpc) is 2.86. The van der Waals surface area contributed by atoms with Crippen LogP contribution < -0.4 is 5.32 Å². The van der Waals surface area contributed by atoms with Gasteiger partial charge in [0, 0.05) is 24.5 Å². The molecule has 1 aliphatic heterocycles. The van der Waals surface area contributed by atoms with Crippen LogP contribution in [0.1, 0.15) is 31.7 Å². The minimum atomic E-state index is -0.265. The van der Waals surface area contributed by atoms with Crippen molar-refractivity contribution in [2.45, 2.75) is 19.9 Å². The van der Waals surface area contributed by atoms with Crippen molar-refractivity contribution in [2.75, 3.05) is 19.6 Å². The number of thiophene rings is 1. The zero-order valence-corrected chi connectivity index (χ0v) is 14.8. The molecule has 1 unspecified atom stereocenters. The maximum Gasteiger partial charge on any atom is 0.264 e. The molecule has 23 heavy (non-hydrogen) atoms. The van der Waals surface area contributed by atoms with Gasteiger partial charge in [0.25, 0.3) is 5.91 Å². The summed E-state index contributed by atoms with van der Waals surface area (Å²) >= 11 is 1.53. The standard InChI is InChI=1S/C17H19FN2OS.ClH/c1-11-8-16(22-12(11)2)17(21)20-7-6-19-10-15(20)13-4-3-5-14(18)9-13;/h3-5,8-9,15,19H,6-7,10H2,1-2H3;1H. The Balaban J connectivity index is 0.00000192. The summed E-state index contributed by atoms with van der Waals surface area (Å²) in [5, 5.41) is 3.29. The molecule has 0 aliphatic carbocycles. The summed E-state index contributed by atoms with van der Waals surface area (Å²) in [4.78, 5) is 16.6. The van der Waals surface area contributed by atoms with Crippen molar-refractivity contribution >= 4 is 29.7 Å². The second-order valence-corrected chi connectivity index (χ2v) is 6.88. The van der Waals surface area contributed by atoms with E-state index in [0.717, 1.165) is 22.5 Å². The monoisotopic (exact) mass is 354 g/mol. The van der Waals surface area contributed by atoms with Gasteiger partial charge in [0.15, 0.2) is 0 Å². The third-order valence-corrected chi connectivity index (χ3v) is 5.26. The number of nitrogens with one attached hydrogen (secondary N) is 1. The van der Waals surface area contributed by atoms with Crippen LogP contribution in [0, 0.1) is 19.7 Å². The lowest BCUT2D eigenvalue weighted by molar-refractivity contribution is 0.0639. The molecule has 3 rings (SSSR count). The van der Waals surface area contributed by atoms with Gasteiger partial charge in [-0.3, -0.25) is 4.79 Å². The molecule has 2 aromatic rings. The Morgan fingerprint density at radius 3 is 2.78 bits per heavy atom. The van der Waals surface area contributed by atoms with Gasteiger partial charge >= 0.3 is 0 Å². The number of amides is 1. The minimum Gasteiger partial charge on any atom is -0.328 e. The molecule has 0 spiro atoms. The lowest BCUT2D eigenvalue weighted by atomic mass is 10.0. The van der Waals surface area contributed by atoms with Crippen LogP contribution in [0.2, 0.25) is 0 Å². The average molecular weight is 355 g/mol. The number of halogens is 2. The Morgan fingerprint density at radius 2 is 2.13 bits per heavy atom. The van der Waals surface area contributed by atoms with Gasteiger partial charge in [-0.05, 0) is 43.2 Å². The van der Waals surface area contributed by atoms with Crippen molar-refractivity contribution in [2.24, 2.45) is 0 Å². The summed E-state index contributed by atoms with van der Waals surface area (Å²) in [5.41, 5.74) is 1.98. The first kappa shape index (κ1) is 17.9. The minimum absolute atomic E-state index is 0. The van der Waals surface area contributed by atoms with E-state index in [4.69, 9.17) is 0 Å². The van der Waals surface area contributed by atoms with Crippen LogP contribution in [-0.2, 0) is 0 Å². The molecular formula is C17H20ClFN2OS. The zero-order chi connectivity index (χ0) is 15.7. The molecule has 3 nitrogen and oxygen atoms in total. The second kappa shape index (κ2) is 7.43. The van der Waals surface area contributed by atoms with E-state index >= 15 is 0 Å². The second-order valence-electron chi connectivity index (χ2n) is 5.62. The summed E-state index contributed by atoms with van der Waals surface area (Å²) in [6.45, 7) is 6.10. The number of nitrogens with zero attached hydrogens (tertiary/aromatic N) is 1. The number of hydrogen-bond donors (Lipinski definition) is 1. The summed E-state index contributed by atoms with van der Waals surface area (Å²) < 4.78 is 13.5. The molecule has 1 aliphatic rings. The molecule has 0 bridgehead atoms. The fourth-order valence-electron chi connectivity index (χ4n) is 2.78. The zero-order valence-electron chi connectivity index (χ0n) is 13.1. The largest absolute Gasteiger partial charge is 0.328 e. The first-order valence-corrected chi connectivity index (χ1v) is 8.22. The van der Waals surface area contributed by atoms with Gasteiger partial charge in [0.2, 0.25) is 0 Å². The number of hydrogen-bond acceptors (Lipinski definition) is 3. The van der Waals surface area contributed by atoms with E-state index in [1.165, 1.54) is 28.3 Å². The molecule has 2 heterocycles. The van der Waals surface area contributed by atoms with Crippen LogP contribution in [0.3, 0.4) is 0 Å². The first-order chi connectivity index (χ1) is 10.6. The van der Waals surface area contributed by atoms with Gasteiger partial charge in [-0.1, -0.05) is 12.1 Å². The highest BCUT2D eigenvalue weighted by Gasteiger charge is 2.29. The molecule has 124 valence electrons. The molecule has 1 aromatic heterocycles. The number of carbonyl (C=O) groups is 1. The Labute approximate surface area is 145 Å². The summed E-state index contributed by atoms with van der Waals surface area (Å²) in [6, 6.07) is 8.35. The van der Waals surface area contributed by atoms with E-state index in [9.17, 15) is 9.18 Å². The highest BCUT2D eigenvalue weighted by Crippen LogP contribution is 2.28. The number of carbonyl (C=O) groups excluding carboxylic acids is 1. The maximum absolute atomic E-state index is 13.5. The number of rotatable bonds is 2. The topological polar surface area (TPSA) is 32.3 Å². The molecule has 1 N–H and O–H groups in total. The molecule has 0 radical (unpaired) electrons. The number of piperazine rings is 1. The van der Waals surface area contributed by atoms with Crippen molar-refractivity contribution < 1.29 is 9.18 Å². The molecule has 1 fully saturated rings. The summed E-state index contributed by atoms with van der Waals surface area (Å²) in [7, 11) is 0. The Bertz CT molecular complexity index is 684. The van der Waals surface area contributed by atoms with E-state index in [-0.39, 0.29) is 30.2 Å². The predicted molar refractivity (Wildman–Crippen MR) is 94.1 cm³/mol. The lowest BCUT2D eigenvalue weighted by Crippen LogP contribution is -2.48. The third kappa shape index (κ3) is 3.74. The van der Waals surface area contributed by atoms with Crippen molar-refractivity contribution in [3.8, 4) is 0 Å². The van der Waals surface area contributed by atoms with Crippen molar-refractivity contribution in [1.82, 2.24) is 10.2 Å². The number of aryl methyl sites for hydroxylation is 2. The summed E-state index contributed by atoms with van der Waals surface area (Å²) in [6.07, 6.45) is 0. The summed E-state index contributed by atoms with van der Waals surface area (Å²) in [5.74, 6) is -0.227. The molecule has 1 aromatic carbocycles.